The molecule has 0 saturated carbocycles. The van der Waals surface area contributed by atoms with E-state index in [0.717, 1.165) is 0 Å². The van der Waals surface area contributed by atoms with E-state index in [4.69, 9.17) is 9.47 Å². The third-order valence-corrected chi connectivity index (χ3v) is 5.14. The number of rotatable bonds is 7. The number of aldehydes is 2. The lowest BCUT2D eigenvalue weighted by molar-refractivity contribution is -0.142. The molecule has 0 fully saturated rings. The predicted molar refractivity (Wildman–Crippen MR) is 102 cm³/mol. The zero-order valence-electron chi connectivity index (χ0n) is 16.8. The summed E-state index contributed by atoms with van der Waals surface area (Å²) in [5, 5.41) is 0. The Balaban J connectivity index is 2.84. The largest absolute Gasteiger partial charge is 0.469 e. The molecule has 0 aliphatic carbocycles. The van der Waals surface area contributed by atoms with Gasteiger partial charge >= 0.3 is 11.9 Å². The molecule has 8 heteroatoms. The van der Waals surface area contributed by atoms with Crippen LogP contribution in [-0.4, -0.2) is 48.7 Å². The van der Waals surface area contributed by atoms with E-state index in [1.54, 1.807) is 27.7 Å². The van der Waals surface area contributed by atoms with Crippen LogP contribution in [0.25, 0.3) is 11.4 Å². The third-order valence-electron chi connectivity index (χ3n) is 5.14. The van der Waals surface area contributed by atoms with Crippen molar-refractivity contribution in [2.75, 3.05) is 14.2 Å². The highest BCUT2D eigenvalue weighted by atomic mass is 16.5. The Morgan fingerprint density at radius 3 is 1.36 bits per heavy atom. The molecule has 0 bridgehead atoms. The van der Waals surface area contributed by atoms with Crippen LogP contribution in [0.1, 0.15) is 68.9 Å². The maximum atomic E-state index is 12.2. The molecule has 0 saturated heterocycles. The van der Waals surface area contributed by atoms with Crippen LogP contribution in [0.4, 0.5) is 0 Å². The predicted octanol–water partition coefficient (Wildman–Crippen LogP) is 2.80. The Morgan fingerprint density at radius 2 is 1.11 bits per heavy atom. The number of carbonyl (C=O) groups is 4. The standard InChI is InChI=1S/C20H24N2O6/c1-9-13(7-23)21-17(15(9)11(3)19(25)27-5)18-16(12(4)20(26)28-6)10(2)14(8-24)22-18/h7-8,11-12,21-22H,1-6H3. The summed E-state index contributed by atoms with van der Waals surface area (Å²) in [6.45, 7) is 6.77. The molecule has 2 heterocycles. The number of aromatic nitrogens is 2. The molecule has 0 radical (unpaired) electrons. The summed E-state index contributed by atoms with van der Waals surface area (Å²) in [4.78, 5) is 53.4. The van der Waals surface area contributed by atoms with Gasteiger partial charge in [-0.15, -0.1) is 0 Å². The van der Waals surface area contributed by atoms with Gasteiger partial charge in [0.25, 0.3) is 0 Å². The van der Waals surface area contributed by atoms with Crippen LogP contribution < -0.4 is 0 Å². The monoisotopic (exact) mass is 388 g/mol. The molecule has 2 rings (SSSR count). The maximum Gasteiger partial charge on any atom is 0.312 e. The van der Waals surface area contributed by atoms with E-state index >= 15 is 0 Å². The van der Waals surface area contributed by atoms with Crippen molar-refractivity contribution in [1.29, 1.82) is 0 Å². The molecular formula is C20H24N2O6. The van der Waals surface area contributed by atoms with Gasteiger partial charge in [0.05, 0.1) is 48.8 Å². The van der Waals surface area contributed by atoms with Crippen LogP contribution in [0.3, 0.4) is 0 Å². The van der Waals surface area contributed by atoms with Crippen LogP contribution in [0, 0.1) is 13.8 Å². The normalized spacial score (nSPS) is 12.9. The summed E-state index contributed by atoms with van der Waals surface area (Å²) in [6, 6.07) is 0. The Morgan fingerprint density at radius 1 is 0.786 bits per heavy atom. The number of ether oxygens (including phenoxy) is 2. The Kier molecular flexibility index (Phi) is 6.23. The Hall–Kier alpha value is -3.16. The van der Waals surface area contributed by atoms with Gasteiger partial charge in [-0.3, -0.25) is 19.2 Å². The SMILES string of the molecule is COC(=O)C(C)c1c(-c2[nH]c(C=O)c(C)c2C(C)C(=O)OC)[nH]c(C=O)c1C. The maximum absolute atomic E-state index is 12.2. The van der Waals surface area contributed by atoms with E-state index in [2.05, 4.69) is 9.97 Å². The number of methoxy groups -OCH3 is 2. The molecule has 0 aromatic carbocycles. The highest BCUT2D eigenvalue weighted by Gasteiger charge is 2.31. The number of aromatic amines is 2. The van der Waals surface area contributed by atoms with E-state index in [1.165, 1.54) is 14.2 Å². The topological polar surface area (TPSA) is 118 Å². The fourth-order valence-corrected chi connectivity index (χ4v) is 3.56. The number of H-pyrrole nitrogens is 2. The fourth-order valence-electron chi connectivity index (χ4n) is 3.56. The average Bonchev–Trinajstić information content (AvgIpc) is 3.21. The van der Waals surface area contributed by atoms with Gasteiger partial charge in [0.2, 0.25) is 0 Å². The van der Waals surface area contributed by atoms with Crippen LogP contribution in [0.5, 0.6) is 0 Å². The van der Waals surface area contributed by atoms with E-state index in [0.29, 0.717) is 57.6 Å². The van der Waals surface area contributed by atoms with Crippen molar-refractivity contribution in [2.45, 2.75) is 39.5 Å². The quantitative estimate of drug-likeness (QED) is 0.556. The summed E-state index contributed by atoms with van der Waals surface area (Å²) in [6.07, 6.45) is 1.32. The van der Waals surface area contributed by atoms with Crippen molar-refractivity contribution >= 4 is 24.5 Å². The minimum absolute atomic E-state index is 0.303. The fraction of sp³-hybridized carbons (Fsp3) is 0.400. The minimum atomic E-state index is -0.672. The highest BCUT2D eigenvalue weighted by Crippen LogP contribution is 2.39. The van der Waals surface area contributed by atoms with E-state index in [1.807, 2.05) is 0 Å². The minimum Gasteiger partial charge on any atom is -0.469 e. The van der Waals surface area contributed by atoms with Crippen LogP contribution in [-0.2, 0) is 19.1 Å². The molecule has 2 atom stereocenters. The molecule has 2 unspecified atom stereocenters. The first kappa shape index (κ1) is 21.1. The first-order valence-corrected chi connectivity index (χ1v) is 8.74. The second kappa shape index (κ2) is 8.24. The van der Waals surface area contributed by atoms with Gasteiger partial charge in [-0.2, -0.15) is 0 Å². The van der Waals surface area contributed by atoms with E-state index in [-0.39, 0.29) is 0 Å². The van der Waals surface area contributed by atoms with Gasteiger partial charge in [-0.05, 0) is 49.9 Å². The number of esters is 2. The van der Waals surface area contributed by atoms with E-state index in [9.17, 15) is 19.2 Å². The van der Waals surface area contributed by atoms with Crippen LogP contribution in [0.2, 0.25) is 0 Å². The van der Waals surface area contributed by atoms with Gasteiger partial charge in [-0.1, -0.05) is 0 Å². The lowest BCUT2D eigenvalue weighted by atomic mass is 9.91. The third kappa shape index (κ3) is 3.37. The number of nitrogens with one attached hydrogen (secondary N) is 2. The van der Waals surface area contributed by atoms with Gasteiger partial charge in [0.1, 0.15) is 0 Å². The lowest BCUT2D eigenvalue weighted by Gasteiger charge is -2.15. The number of carbonyl (C=O) groups excluding carboxylic acids is 4. The average molecular weight is 388 g/mol. The zero-order valence-corrected chi connectivity index (χ0v) is 16.8. The summed E-state index contributed by atoms with van der Waals surface area (Å²) in [5.74, 6) is -2.28. The number of hydrogen-bond donors (Lipinski definition) is 2. The number of hydrogen-bond acceptors (Lipinski definition) is 6. The smallest absolute Gasteiger partial charge is 0.312 e. The van der Waals surface area contributed by atoms with Gasteiger partial charge in [0, 0.05) is 0 Å². The second-order valence-electron chi connectivity index (χ2n) is 6.63. The summed E-state index contributed by atoms with van der Waals surface area (Å²) < 4.78 is 9.71. The van der Waals surface area contributed by atoms with Crippen molar-refractivity contribution in [3.8, 4) is 11.4 Å². The molecule has 0 spiro atoms. The van der Waals surface area contributed by atoms with Crippen molar-refractivity contribution < 1.29 is 28.7 Å². The molecule has 2 aromatic heterocycles. The van der Waals surface area contributed by atoms with Crippen molar-refractivity contribution in [1.82, 2.24) is 9.97 Å². The first-order valence-electron chi connectivity index (χ1n) is 8.74. The molecule has 150 valence electrons. The molecular weight excluding hydrogens is 364 g/mol. The van der Waals surface area contributed by atoms with Crippen LogP contribution in [0.15, 0.2) is 0 Å². The van der Waals surface area contributed by atoms with E-state index < -0.39 is 23.8 Å². The Labute approximate surface area is 162 Å². The molecule has 0 amide bonds. The molecule has 2 N–H and O–H groups in total. The Bertz CT molecular complexity index is 861. The molecule has 28 heavy (non-hydrogen) atoms. The molecule has 8 nitrogen and oxygen atoms in total. The zero-order chi connectivity index (χ0) is 21.2. The van der Waals surface area contributed by atoms with Crippen LogP contribution >= 0.6 is 0 Å². The van der Waals surface area contributed by atoms with Gasteiger partial charge in [0.15, 0.2) is 12.6 Å². The first-order chi connectivity index (χ1) is 13.2. The highest BCUT2D eigenvalue weighted by molar-refractivity contribution is 5.90. The molecule has 2 aromatic rings. The summed E-state index contributed by atoms with van der Waals surface area (Å²) >= 11 is 0. The second-order valence-corrected chi connectivity index (χ2v) is 6.63. The van der Waals surface area contributed by atoms with Gasteiger partial charge in [-0.25, -0.2) is 0 Å². The van der Waals surface area contributed by atoms with Crippen molar-refractivity contribution in [3.63, 3.8) is 0 Å². The molecule has 0 aliphatic rings. The van der Waals surface area contributed by atoms with Gasteiger partial charge < -0.3 is 19.4 Å². The summed E-state index contributed by atoms with van der Waals surface area (Å²) in [5.41, 5.74) is 3.84. The lowest BCUT2D eigenvalue weighted by Crippen LogP contribution is -2.14. The molecule has 0 aliphatic heterocycles. The van der Waals surface area contributed by atoms with Crippen molar-refractivity contribution in [3.05, 3.63) is 33.6 Å². The van der Waals surface area contributed by atoms with Crippen molar-refractivity contribution in [2.24, 2.45) is 0 Å². The summed E-state index contributed by atoms with van der Waals surface area (Å²) in [7, 11) is 2.57.